The van der Waals surface area contributed by atoms with E-state index in [9.17, 15) is 4.79 Å². The summed E-state index contributed by atoms with van der Waals surface area (Å²) in [7, 11) is 0. The van der Waals surface area contributed by atoms with Crippen molar-refractivity contribution in [1.29, 1.82) is 0 Å². The number of nitrogens with one attached hydrogen (secondary N) is 2. The number of ether oxygens (including phenoxy) is 1. The van der Waals surface area contributed by atoms with E-state index >= 15 is 0 Å². The fraction of sp³-hybridized carbons (Fsp3) is 0.385. The lowest BCUT2D eigenvalue weighted by molar-refractivity contribution is 0.199. The van der Waals surface area contributed by atoms with Crippen molar-refractivity contribution in [3.8, 4) is 0 Å². The Labute approximate surface area is 113 Å². The summed E-state index contributed by atoms with van der Waals surface area (Å²) < 4.78 is 4.90. The number of anilines is 1. The van der Waals surface area contributed by atoms with Gasteiger partial charge in [0.2, 0.25) is 0 Å². The van der Waals surface area contributed by atoms with Crippen molar-refractivity contribution in [2.24, 2.45) is 0 Å². The van der Waals surface area contributed by atoms with E-state index in [0.717, 1.165) is 11.3 Å². The van der Waals surface area contributed by atoms with Gasteiger partial charge >= 0.3 is 6.09 Å². The van der Waals surface area contributed by atoms with Crippen molar-refractivity contribution in [3.63, 3.8) is 0 Å². The van der Waals surface area contributed by atoms with Crippen LogP contribution in [0.1, 0.15) is 32.3 Å². The quantitative estimate of drug-likeness (QED) is 0.825. The normalized spacial score (nSPS) is 10.0. The molecule has 1 amide bonds. The molecular weight excluding hydrogens is 248 g/mol. The first-order chi connectivity index (χ1) is 8.54. The average molecular weight is 266 g/mol. The Morgan fingerprint density at radius 3 is 2.67 bits per heavy atom. The van der Waals surface area contributed by atoms with Gasteiger partial charge in [0.05, 0.1) is 0 Å². The van der Waals surface area contributed by atoms with Gasteiger partial charge in [0.1, 0.15) is 0 Å². The van der Waals surface area contributed by atoms with Crippen LogP contribution in [0.5, 0.6) is 0 Å². The van der Waals surface area contributed by atoms with Gasteiger partial charge in [-0.2, -0.15) is 0 Å². The maximum absolute atomic E-state index is 11.2. The minimum Gasteiger partial charge on any atom is -0.382 e. The Bertz CT molecular complexity index is 433. The molecule has 0 bridgehead atoms. The molecule has 1 aromatic carbocycles. The van der Waals surface area contributed by atoms with E-state index in [1.165, 1.54) is 0 Å². The highest BCUT2D eigenvalue weighted by atomic mass is 32.1. The summed E-state index contributed by atoms with van der Waals surface area (Å²) in [4.78, 5) is 11.2. The summed E-state index contributed by atoms with van der Waals surface area (Å²) >= 11 is 4.98. The Kier molecular flexibility index (Phi) is 5.58. The monoisotopic (exact) mass is 266 g/mol. The number of para-hydroxylation sites is 1. The van der Waals surface area contributed by atoms with Crippen molar-refractivity contribution in [1.82, 2.24) is 5.32 Å². The van der Waals surface area contributed by atoms with Crippen LogP contribution >= 0.6 is 12.2 Å². The zero-order valence-electron chi connectivity index (χ0n) is 10.8. The Balaban J connectivity index is 2.67. The van der Waals surface area contributed by atoms with E-state index in [-0.39, 0.29) is 5.17 Å². The lowest BCUT2D eigenvalue weighted by atomic mass is 10.0. The number of hydrogen-bond donors (Lipinski definition) is 2. The molecule has 0 aromatic heterocycles. The highest BCUT2D eigenvalue weighted by Gasteiger charge is 2.09. The first kappa shape index (κ1) is 14.4. The molecule has 18 heavy (non-hydrogen) atoms. The molecule has 4 nitrogen and oxygen atoms in total. The molecule has 0 radical (unpaired) electrons. The van der Waals surface area contributed by atoms with Crippen LogP contribution in [0.25, 0.3) is 0 Å². The predicted molar refractivity (Wildman–Crippen MR) is 76.9 cm³/mol. The van der Waals surface area contributed by atoms with Crippen LogP contribution in [0.2, 0.25) is 0 Å². The number of carbonyl (C=O) groups excluding carboxylic acids is 1. The summed E-state index contributed by atoms with van der Waals surface area (Å²) in [6.07, 6.45) is -0.544. The molecule has 0 saturated heterocycles. The summed E-state index contributed by atoms with van der Waals surface area (Å²) in [5.74, 6) is 0.362. The second kappa shape index (κ2) is 6.96. The SMILES string of the molecule is CCNC(=O)OC(=S)Nc1ccccc1C(C)C. The van der Waals surface area contributed by atoms with Crippen LogP contribution in [0, 0.1) is 0 Å². The second-order valence-electron chi connectivity index (χ2n) is 4.07. The number of rotatable bonds is 3. The molecule has 0 atom stereocenters. The van der Waals surface area contributed by atoms with Crippen LogP contribution in [0.3, 0.4) is 0 Å². The minimum absolute atomic E-state index is 0.0500. The van der Waals surface area contributed by atoms with Crippen molar-refractivity contribution < 1.29 is 9.53 Å². The molecule has 0 unspecified atom stereocenters. The average Bonchev–Trinajstić information content (AvgIpc) is 2.29. The molecule has 98 valence electrons. The molecule has 0 aliphatic carbocycles. The third-order valence-electron chi connectivity index (χ3n) is 2.33. The Morgan fingerprint density at radius 1 is 1.39 bits per heavy atom. The molecule has 0 fully saturated rings. The van der Waals surface area contributed by atoms with Crippen molar-refractivity contribution in [3.05, 3.63) is 29.8 Å². The summed E-state index contributed by atoms with van der Waals surface area (Å²) in [6, 6.07) is 7.79. The van der Waals surface area contributed by atoms with Crippen LogP contribution < -0.4 is 10.6 Å². The fourth-order valence-electron chi connectivity index (χ4n) is 1.51. The van der Waals surface area contributed by atoms with E-state index in [4.69, 9.17) is 17.0 Å². The number of hydrogen-bond acceptors (Lipinski definition) is 3. The van der Waals surface area contributed by atoms with Gasteiger partial charge < -0.3 is 15.4 Å². The molecule has 0 heterocycles. The van der Waals surface area contributed by atoms with Crippen molar-refractivity contribution >= 4 is 29.2 Å². The smallest absolute Gasteiger partial charge is 0.382 e. The van der Waals surface area contributed by atoms with E-state index in [1.807, 2.05) is 31.2 Å². The summed E-state index contributed by atoms with van der Waals surface area (Å²) in [5, 5.41) is 5.49. The van der Waals surface area contributed by atoms with E-state index in [0.29, 0.717) is 12.5 Å². The van der Waals surface area contributed by atoms with Crippen LogP contribution in [-0.2, 0) is 4.74 Å². The molecule has 5 heteroatoms. The van der Waals surface area contributed by atoms with Gasteiger partial charge in [0.15, 0.2) is 0 Å². The molecule has 1 aromatic rings. The largest absolute Gasteiger partial charge is 0.414 e. The van der Waals surface area contributed by atoms with Gasteiger partial charge in [-0.3, -0.25) is 0 Å². The number of thiocarbonyl (C=S) groups is 1. The van der Waals surface area contributed by atoms with Crippen LogP contribution in [-0.4, -0.2) is 17.8 Å². The highest BCUT2D eigenvalue weighted by Crippen LogP contribution is 2.23. The number of alkyl carbamates (subject to hydrolysis) is 1. The summed E-state index contributed by atoms with van der Waals surface area (Å²) in [5.41, 5.74) is 1.99. The van der Waals surface area contributed by atoms with Gasteiger partial charge in [-0.25, -0.2) is 4.79 Å². The first-order valence-electron chi connectivity index (χ1n) is 5.90. The maximum Gasteiger partial charge on any atom is 0.414 e. The molecule has 0 saturated carbocycles. The van der Waals surface area contributed by atoms with Crippen LogP contribution in [0.4, 0.5) is 10.5 Å². The van der Waals surface area contributed by atoms with Gasteiger partial charge in [0.25, 0.3) is 5.17 Å². The zero-order valence-corrected chi connectivity index (χ0v) is 11.6. The predicted octanol–water partition coefficient (Wildman–Crippen LogP) is 3.25. The summed E-state index contributed by atoms with van der Waals surface area (Å²) in [6.45, 7) is 6.50. The fourth-order valence-corrected chi connectivity index (χ4v) is 1.70. The number of benzene rings is 1. The lowest BCUT2D eigenvalue weighted by Crippen LogP contribution is -2.28. The maximum atomic E-state index is 11.2. The molecular formula is C13H18N2O2S. The number of amides is 1. The minimum atomic E-state index is -0.544. The third-order valence-corrected chi connectivity index (χ3v) is 2.51. The molecule has 2 N–H and O–H groups in total. The lowest BCUT2D eigenvalue weighted by Gasteiger charge is -2.14. The topological polar surface area (TPSA) is 50.4 Å². The van der Waals surface area contributed by atoms with E-state index in [1.54, 1.807) is 0 Å². The standard InChI is InChI=1S/C13H18N2O2S/c1-4-14-12(16)17-13(18)15-11-8-6-5-7-10(11)9(2)3/h5-9H,4H2,1-3H3,(H,14,16)(H,15,18). The third kappa shape index (κ3) is 4.33. The number of carbonyl (C=O) groups is 1. The van der Waals surface area contributed by atoms with Crippen molar-refractivity contribution in [2.75, 3.05) is 11.9 Å². The molecule has 1 rings (SSSR count). The zero-order chi connectivity index (χ0) is 13.5. The van der Waals surface area contributed by atoms with Gasteiger partial charge in [-0.15, -0.1) is 0 Å². The Hall–Kier alpha value is -1.62. The van der Waals surface area contributed by atoms with Gasteiger partial charge in [-0.05, 0) is 36.7 Å². The molecule has 0 aliphatic heterocycles. The van der Waals surface area contributed by atoms with Crippen molar-refractivity contribution in [2.45, 2.75) is 26.7 Å². The van der Waals surface area contributed by atoms with Gasteiger partial charge in [0, 0.05) is 12.2 Å². The molecule has 0 spiro atoms. The first-order valence-corrected chi connectivity index (χ1v) is 6.31. The highest BCUT2D eigenvalue weighted by molar-refractivity contribution is 7.80. The van der Waals surface area contributed by atoms with Crippen LogP contribution in [0.15, 0.2) is 24.3 Å². The van der Waals surface area contributed by atoms with Gasteiger partial charge in [-0.1, -0.05) is 32.0 Å². The van der Waals surface area contributed by atoms with E-state index in [2.05, 4.69) is 24.5 Å². The molecule has 0 aliphatic rings. The van der Waals surface area contributed by atoms with E-state index < -0.39 is 6.09 Å². The second-order valence-corrected chi connectivity index (χ2v) is 4.45. The Morgan fingerprint density at radius 2 is 2.06 bits per heavy atom.